The third-order valence-corrected chi connectivity index (χ3v) is 6.46. The van der Waals surface area contributed by atoms with Gasteiger partial charge < -0.3 is 20.6 Å². The van der Waals surface area contributed by atoms with E-state index < -0.39 is 0 Å². The van der Waals surface area contributed by atoms with Gasteiger partial charge in [-0.1, -0.05) is 0 Å². The Labute approximate surface area is 168 Å². The number of fused-ring (bicyclic) bond motifs is 2. The van der Waals surface area contributed by atoms with Crippen LogP contribution in [0, 0.1) is 11.3 Å². The van der Waals surface area contributed by atoms with Gasteiger partial charge in [-0.2, -0.15) is 20.2 Å². The predicted octanol–water partition coefficient (Wildman–Crippen LogP) is -0.0372. The third-order valence-electron chi connectivity index (χ3n) is 6.46. The molecular weight excluding hydrogens is 370 g/mol. The number of hydrogen-bond donors (Lipinski definition) is 2. The predicted molar refractivity (Wildman–Crippen MR) is 109 cm³/mol. The smallest absolute Gasteiger partial charge is 0.229 e. The first-order valence-electron chi connectivity index (χ1n) is 10.1. The highest BCUT2D eigenvalue weighted by Crippen LogP contribution is 2.43. The number of anilines is 2. The van der Waals surface area contributed by atoms with E-state index in [9.17, 15) is 5.11 Å². The first-order valence-corrected chi connectivity index (χ1v) is 10.1. The zero-order chi connectivity index (χ0) is 20.0. The molecule has 2 atom stereocenters. The summed E-state index contributed by atoms with van der Waals surface area (Å²) < 4.78 is 3.69. The summed E-state index contributed by atoms with van der Waals surface area (Å²) >= 11 is 0. The molecule has 0 saturated carbocycles. The van der Waals surface area contributed by atoms with Crippen LogP contribution < -0.4 is 10.6 Å². The summed E-state index contributed by atoms with van der Waals surface area (Å²) in [5, 5.41) is 19.5. The summed E-state index contributed by atoms with van der Waals surface area (Å²) in [5.74, 6) is 1.48. The number of likely N-dealkylation sites (tertiary alicyclic amines) is 1. The second-order valence-electron chi connectivity index (χ2n) is 8.37. The second-order valence-corrected chi connectivity index (χ2v) is 8.37. The minimum atomic E-state index is -0.134. The van der Waals surface area contributed by atoms with Crippen LogP contribution >= 0.6 is 0 Å². The minimum absolute atomic E-state index is 0.134. The molecule has 2 unspecified atom stereocenters. The van der Waals surface area contributed by atoms with Crippen molar-refractivity contribution in [1.82, 2.24) is 34.4 Å². The van der Waals surface area contributed by atoms with Crippen LogP contribution in [0.2, 0.25) is 0 Å². The van der Waals surface area contributed by atoms with Crippen LogP contribution in [0.3, 0.4) is 0 Å². The van der Waals surface area contributed by atoms with E-state index >= 15 is 0 Å². The van der Waals surface area contributed by atoms with Gasteiger partial charge in [0.2, 0.25) is 5.95 Å². The van der Waals surface area contributed by atoms with Gasteiger partial charge in [-0.15, -0.1) is 0 Å². The molecule has 29 heavy (non-hydrogen) atoms. The number of aliphatic hydroxyl groups is 1. The van der Waals surface area contributed by atoms with E-state index in [1.807, 2.05) is 30.2 Å². The highest BCUT2D eigenvalue weighted by molar-refractivity contribution is 5.86. The number of aliphatic hydroxyl groups excluding tert-OH is 1. The molecule has 3 aromatic heterocycles. The average Bonchev–Trinajstić information content (AvgIpc) is 3.46. The van der Waals surface area contributed by atoms with Crippen LogP contribution in [-0.4, -0.2) is 78.9 Å². The molecule has 0 bridgehead atoms. The van der Waals surface area contributed by atoms with E-state index in [0.717, 1.165) is 56.7 Å². The van der Waals surface area contributed by atoms with Crippen LogP contribution in [-0.2, 0) is 13.6 Å². The molecule has 3 aromatic rings. The molecule has 154 valence electrons. The maximum atomic E-state index is 10.3. The van der Waals surface area contributed by atoms with E-state index in [1.165, 1.54) is 0 Å². The summed E-state index contributed by atoms with van der Waals surface area (Å²) in [6.45, 7) is 5.57. The molecule has 10 nitrogen and oxygen atoms in total. The van der Waals surface area contributed by atoms with Gasteiger partial charge in [0.15, 0.2) is 5.65 Å². The summed E-state index contributed by atoms with van der Waals surface area (Å²) in [6, 6.07) is 1.95. The molecule has 5 rings (SSSR count). The van der Waals surface area contributed by atoms with Crippen molar-refractivity contribution in [3.05, 3.63) is 24.7 Å². The molecule has 0 aliphatic carbocycles. The lowest BCUT2D eigenvalue weighted by atomic mass is 9.82. The van der Waals surface area contributed by atoms with E-state index in [0.29, 0.717) is 17.7 Å². The topological polar surface area (TPSA) is 114 Å². The van der Waals surface area contributed by atoms with Crippen molar-refractivity contribution in [3.63, 3.8) is 0 Å². The highest BCUT2D eigenvalue weighted by Gasteiger charge is 2.52. The van der Waals surface area contributed by atoms with E-state index in [-0.39, 0.29) is 12.0 Å². The van der Waals surface area contributed by atoms with Gasteiger partial charge in [0.05, 0.1) is 18.2 Å². The first-order chi connectivity index (χ1) is 14.1. The summed E-state index contributed by atoms with van der Waals surface area (Å²) in [5.41, 5.74) is 6.75. The highest BCUT2D eigenvalue weighted by atomic mass is 16.3. The van der Waals surface area contributed by atoms with Crippen molar-refractivity contribution in [2.45, 2.75) is 13.0 Å². The fraction of sp³-hybridized carbons (Fsp3) is 0.579. The van der Waals surface area contributed by atoms with Gasteiger partial charge in [-0.25, -0.2) is 0 Å². The summed E-state index contributed by atoms with van der Waals surface area (Å²) in [7, 11) is 1.85. The fourth-order valence-corrected chi connectivity index (χ4v) is 4.90. The van der Waals surface area contributed by atoms with Crippen LogP contribution in [0.25, 0.3) is 11.0 Å². The zero-order valence-corrected chi connectivity index (χ0v) is 16.6. The Morgan fingerprint density at radius 3 is 2.86 bits per heavy atom. The van der Waals surface area contributed by atoms with Crippen molar-refractivity contribution < 1.29 is 5.11 Å². The Bertz CT molecular complexity index is 1000. The monoisotopic (exact) mass is 397 g/mol. The second kappa shape index (κ2) is 6.96. The lowest BCUT2D eigenvalue weighted by Crippen LogP contribution is -2.38. The van der Waals surface area contributed by atoms with Crippen molar-refractivity contribution in [3.8, 4) is 0 Å². The molecule has 0 spiro atoms. The van der Waals surface area contributed by atoms with Gasteiger partial charge in [-0.3, -0.25) is 9.36 Å². The van der Waals surface area contributed by atoms with E-state index in [2.05, 4.69) is 25.0 Å². The molecular formula is C19H27N9O. The number of aryl methyl sites for hydroxylation is 2. The van der Waals surface area contributed by atoms with Crippen LogP contribution in [0.15, 0.2) is 24.7 Å². The van der Waals surface area contributed by atoms with Gasteiger partial charge in [0, 0.05) is 57.6 Å². The fourth-order valence-electron chi connectivity index (χ4n) is 4.90. The molecule has 2 saturated heterocycles. The summed E-state index contributed by atoms with van der Waals surface area (Å²) in [4.78, 5) is 13.9. The lowest BCUT2D eigenvalue weighted by molar-refractivity contribution is 0.125. The van der Waals surface area contributed by atoms with Crippen molar-refractivity contribution in [2.75, 3.05) is 50.0 Å². The molecule has 0 amide bonds. The third kappa shape index (κ3) is 3.12. The Kier molecular flexibility index (Phi) is 4.39. The SMILES string of the molecule is Cn1ncc2c(N)nc(N3CC4CN(CCCn5cccn5)CC4(CO)C3)nc21. The van der Waals surface area contributed by atoms with Crippen molar-refractivity contribution in [1.29, 1.82) is 0 Å². The number of rotatable bonds is 6. The van der Waals surface area contributed by atoms with Gasteiger partial charge in [0.1, 0.15) is 5.82 Å². The molecule has 0 aromatic carbocycles. The van der Waals surface area contributed by atoms with E-state index in [1.54, 1.807) is 10.9 Å². The summed E-state index contributed by atoms with van der Waals surface area (Å²) in [6.07, 6.45) is 6.56. The molecule has 10 heteroatoms. The van der Waals surface area contributed by atoms with Gasteiger partial charge >= 0.3 is 0 Å². The molecule has 0 radical (unpaired) electrons. The average molecular weight is 397 g/mol. The number of hydrogen-bond acceptors (Lipinski definition) is 8. The number of nitrogen functional groups attached to an aromatic ring is 1. The number of aromatic nitrogens is 6. The Balaban J connectivity index is 1.28. The maximum absolute atomic E-state index is 10.3. The normalized spacial score (nSPS) is 24.6. The number of nitrogens with two attached hydrogens (primary N) is 1. The number of nitrogens with zero attached hydrogens (tertiary/aromatic N) is 8. The van der Waals surface area contributed by atoms with E-state index in [4.69, 9.17) is 10.7 Å². The zero-order valence-electron chi connectivity index (χ0n) is 16.6. The van der Waals surface area contributed by atoms with Crippen LogP contribution in [0.4, 0.5) is 11.8 Å². The molecule has 2 aliphatic heterocycles. The van der Waals surface area contributed by atoms with Gasteiger partial charge in [-0.05, 0) is 24.9 Å². The largest absolute Gasteiger partial charge is 0.396 e. The van der Waals surface area contributed by atoms with Gasteiger partial charge in [0.25, 0.3) is 0 Å². The maximum Gasteiger partial charge on any atom is 0.229 e. The Hall–Kier alpha value is -2.72. The molecule has 3 N–H and O–H groups in total. The first kappa shape index (κ1) is 18.3. The van der Waals surface area contributed by atoms with Crippen molar-refractivity contribution in [2.24, 2.45) is 18.4 Å². The molecule has 5 heterocycles. The minimum Gasteiger partial charge on any atom is -0.396 e. The molecule has 2 fully saturated rings. The van der Waals surface area contributed by atoms with Crippen molar-refractivity contribution >= 4 is 22.8 Å². The Morgan fingerprint density at radius 2 is 2.10 bits per heavy atom. The quantitative estimate of drug-likeness (QED) is 0.596. The standard InChI is InChI=1S/C19H27N9O/c1-25-17-15(8-22-25)16(20)23-18(24-17)27-10-14-9-26(11-19(14,12-27)13-29)5-3-7-28-6-2-4-21-28/h2,4,6,8,14,29H,3,5,7,9-13H2,1H3,(H2,20,23,24). The van der Waals surface area contributed by atoms with Crippen LogP contribution in [0.5, 0.6) is 0 Å². The Morgan fingerprint density at radius 1 is 1.21 bits per heavy atom. The lowest BCUT2D eigenvalue weighted by Gasteiger charge is -2.27. The van der Waals surface area contributed by atoms with Crippen LogP contribution in [0.1, 0.15) is 6.42 Å². The molecule has 2 aliphatic rings.